The number of anilines is 2. The van der Waals surface area contributed by atoms with Gasteiger partial charge in [-0.2, -0.15) is 0 Å². The number of nitrogens with zero attached hydrogens (tertiary/aromatic N) is 3. The molecule has 0 aliphatic rings. The van der Waals surface area contributed by atoms with Crippen LogP contribution in [0, 0.1) is 17.0 Å². The fourth-order valence-corrected chi connectivity index (χ4v) is 4.07. The standard InChI is InChI=1S/C22H32F2N6O3S/c1-5-10-34(31,32)28-20-7-6-18(23)22(21(20)24)30(26)14-19(25)16-11-17(13-27-12-16)33-9-8-29(4)15(2)3/h6-7,11-13,15,25,28H,5,8-10,14,26H2,1-4H3. The highest BCUT2D eigenvalue weighted by Crippen LogP contribution is 2.29. The van der Waals surface area contributed by atoms with Crippen molar-refractivity contribution < 1.29 is 21.9 Å². The Hall–Kier alpha value is -2.83. The number of halogens is 2. The van der Waals surface area contributed by atoms with Crippen molar-refractivity contribution in [2.75, 3.05) is 42.2 Å². The molecule has 9 nitrogen and oxygen atoms in total. The quantitative estimate of drug-likeness (QED) is 0.220. The molecule has 0 bridgehead atoms. The van der Waals surface area contributed by atoms with E-state index in [-0.39, 0.29) is 18.0 Å². The molecule has 0 radical (unpaired) electrons. The zero-order valence-electron chi connectivity index (χ0n) is 19.8. The summed E-state index contributed by atoms with van der Waals surface area (Å²) in [6.07, 6.45) is 3.26. The van der Waals surface area contributed by atoms with Gasteiger partial charge in [0.15, 0.2) is 11.6 Å². The molecular formula is C22H32F2N6O3S. The van der Waals surface area contributed by atoms with Gasteiger partial charge in [-0.15, -0.1) is 0 Å². The highest BCUT2D eigenvalue weighted by molar-refractivity contribution is 7.92. The highest BCUT2D eigenvalue weighted by atomic mass is 32.2. The fraction of sp³-hybridized carbons (Fsp3) is 0.455. The molecule has 188 valence electrons. The number of sulfonamides is 1. The lowest BCUT2D eigenvalue weighted by atomic mass is 10.1. The van der Waals surface area contributed by atoms with Crippen LogP contribution in [0.4, 0.5) is 20.2 Å². The zero-order valence-corrected chi connectivity index (χ0v) is 20.6. The van der Waals surface area contributed by atoms with Gasteiger partial charge >= 0.3 is 0 Å². The maximum atomic E-state index is 14.9. The van der Waals surface area contributed by atoms with Crippen molar-refractivity contribution in [2.45, 2.75) is 33.2 Å². The Balaban J connectivity index is 2.13. The van der Waals surface area contributed by atoms with Crippen LogP contribution < -0.4 is 20.3 Å². The molecule has 34 heavy (non-hydrogen) atoms. The molecule has 1 aromatic carbocycles. The Bertz CT molecular complexity index is 1100. The Kier molecular flexibility index (Phi) is 9.71. The molecule has 0 unspecified atom stereocenters. The molecule has 0 amide bonds. The predicted octanol–water partition coefficient (Wildman–Crippen LogP) is 2.98. The van der Waals surface area contributed by atoms with Crippen molar-refractivity contribution in [2.24, 2.45) is 5.84 Å². The summed E-state index contributed by atoms with van der Waals surface area (Å²) in [6, 6.07) is 3.87. The van der Waals surface area contributed by atoms with Crippen LogP contribution >= 0.6 is 0 Å². The largest absolute Gasteiger partial charge is 0.491 e. The van der Waals surface area contributed by atoms with Gasteiger partial charge in [0.1, 0.15) is 18.0 Å². The van der Waals surface area contributed by atoms with Crippen molar-refractivity contribution in [3.63, 3.8) is 0 Å². The topological polar surface area (TPSA) is 125 Å². The number of hydrogen-bond acceptors (Lipinski definition) is 8. The van der Waals surface area contributed by atoms with Gasteiger partial charge in [-0.1, -0.05) is 6.92 Å². The normalized spacial score (nSPS) is 11.7. The third kappa shape index (κ3) is 7.61. The second-order valence-corrected chi connectivity index (χ2v) is 9.96. The first-order valence-electron chi connectivity index (χ1n) is 10.8. The molecule has 2 rings (SSSR count). The average Bonchev–Trinajstić information content (AvgIpc) is 2.75. The van der Waals surface area contributed by atoms with Crippen molar-refractivity contribution in [1.29, 1.82) is 5.41 Å². The number of nitrogens with one attached hydrogen (secondary N) is 2. The first-order valence-corrected chi connectivity index (χ1v) is 12.5. The van der Waals surface area contributed by atoms with Gasteiger partial charge in [0.05, 0.1) is 29.9 Å². The summed E-state index contributed by atoms with van der Waals surface area (Å²) in [7, 11) is -1.81. The van der Waals surface area contributed by atoms with Crippen molar-refractivity contribution in [3.05, 3.63) is 47.8 Å². The number of pyridine rings is 1. The highest BCUT2D eigenvalue weighted by Gasteiger charge is 2.22. The van der Waals surface area contributed by atoms with E-state index in [1.165, 1.54) is 12.4 Å². The first-order chi connectivity index (χ1) is 15.9. The van der Waals surface area contributed by atoms with Crippen molar-refractivity contribution in [1.82, 2.24) is 9.88 Å². The predicted molar refractivity (Wildman–Crippen MR) is 130 cm³/mol. The SMILES string of the molecule is CCCS(=O)(=O)Nc1ccc(F)c(N(N)CC(=N)c2cncc(OCCN(C)C(C)C)c2)c1F. The number of aromatic nitrogens is 1. The van der Waals surface area contributed by atoms with E-state index >= 15 is 0 Å². The molecule has 0 saturated carbocycles. The number of likely N-dealkylation sites (N-methyl/N-ethyl adjacent to an activating group) is 1. The molecule has 0 spiro atoms. The summed E-state index contributed by atoms with van der Waals surface area (Å²) >= 11 is 0. The lowest BCUT2D eigenvalue weighted by Gasteiger charge is -2.22. The van der Waals surface area contributed by atoms with Crippen LogP contribution in [0.2, 0.25) is 0 Å². The fourth-order valence-electron chi connectivity index (χ4n) is 2.94. The number of rotatable bonds is 13. The number of ether oxygens (including phenoxy) is 1. The van der Waals surface area contributed by atoms with E-state index in [0.717, 1.165) is 17.1 Å². The molecule has 0 fully saturated rings. The summed E-state index contributed by atoms with van der Waals surface area (Å²) in [5.74, 6) is 3.97. The number of nitrogens with two attached hydrogens (primary N) is 1. The third-order valence-corrected chi connectivity index (χ3v) is 6.55. The molecular weight excluding hydrogens is 466 g/mol. The van der Waals surface area contributed by atoms with E-state index in [4.69, 9.17) is 16.0 Å². The molecule has 1 heterocycles. The summed E-state index contributed by atoms with van der Waals surface area (Å²) < 4.78 is 61.1. The van der Waals surface area contributed by atoms with Crippen LogP contribution in [0.15, 0.2) is 30.6 Å². The Labute approximate surface area is 199 Å². The number of benzene rings is 1. The Morgan fingerprint density at radius 3 is 2.65 bits per heavy atom. The minimum Gasteiger partial charge on any atom is -0.491 e. The molecule has 0 aliphatic heterocycles. The lowest BCUT2D eigenvalue weighted by molar-refractivity contribution is 0.208. The molecule has 12 heteroatoms. The zero-order chi connectivity index (χ0) is 25.5. The molecule has 4 N–H and O–H groups in total. The van der Waals surface area contributed by atoms with E-state index < -0.39 is 33.0 Å². The van der Waals surface area contributed by atoms with Crippen LogP contribution in [-0.4, -0.2) is 62.6 Å². The minimum absolute atomic E-state index is 0.0597. The molecule has 2 aromatic rings. The smallest absolute Gasteiger partial charge is 0.232 e. The van der Waals surface area contributed by atoms with E-state index in [9.17, 15) is 17.2 Å². The summed E-state index contributed by atoms with van der Waals surface area (Å²) in [4.78, 5) is 6.18. The first kappa shape index (κ1) is 27.4. The number of hydrazine groups is 1. The van der Waals surface area contributed by atoms with Gasteiger partial charge in [0.25, 0.3) is 0 Å². The summed E-state index contributed by atoms with van der Waals surface area (Å²) in [5.41, 5.74) is -0.768. The van der Waals surface area contributed by atoms with Crippen LogP contribution in [0.25, 0.3) is 0 Å². The van der Waals surface area contributed by atoms with Crippen molar-refractivity contribution >= 4 is 27.1 Å². The second kappa shape index (κ2) is 12.0. The van der Waals surface area contributed by atoms with E-state index in [2.05, 4.69) is 28.5 Å². The van der Waals surface area contributed by atoms with Gasteiger partial charge in [0.2, 0.25) is 10.0 Å². The third-order valence-electron chi connectivity index (χ3n) is 5.08. The van der Waals surface area contributed by atoms with Gasteiger partial charge in [-0.3, -0.25) is 14.7 Å². The average molecular weight is 499 g/mol. The maximum Gasteiger partial charge on any atom is 0.232 e. The van der Waals surface area contributed by atoms with Crippen molar-refractivity contribution in [3.8, 4) is 5.75 Å². The van der Waals surface area contributed by atoms with Gasteiger partial charge in [0, 0.05) is 24.3 Å². The van der Waals surface area contributed by atoms with Gasteiger partial charge in [-0.25, -0.2) is 23.0 Å². The number of hydrogen-bond donors (Lipinski definition) is 3. The van der Waals surface area contributed by atoms with E-state index in [0.29, 0.717) is 36.9 Å². The van der Waals surface area contributed by atoms with Crippen LogP contribution in [0.1, 0.15) is 32.8 Å². The molecule has 0 atom stereocenters. The maximum absolute atomic E-state index is 14.9. The van der Waals surface area contributed by atoms with Crippen LogP contribution in [-0.2, 0) is 10.0 Å². The second-order valence-electron chi connectivity index (χ2n) is 8.12. The monoisotopic (exact) mass is 498 g/mol. The summed E-state index contributed by atoms with van der Waals surface area (Å²) in [5, 5.41) is 9.04. The Morgan fingerprint density at radius 2 is 2.00 bits per heavy atom. The molecule has 0 saturated heterocycles. The minimum atomic E-state index is -3.79. The van der Waals surface area contributed by atoms with E-state index in [1.807, 2.05) is 7.05 Å². The van der Waals surface area contributed by atoms with E-state index in [1.54, 1.807) is 13.0 Å². The van der Waals surface area contributed by atoms with Crippen LogP contribution in [0.5, 0.6) is 5.75 Å². The van der Waals surface area contributed by atoms with Gasteiger partial charge in [-0.05, 0) is 45.5 Å². The van der Waals surface area contributed by atoms with Gasteiger partial charge < -0.3 is 15.0 Å². The summed E-state index contributed by atoms with van der Waals surface area (Å²) in [6.45, 7) is 6.57. The van der Waals surface area contributed by atoms with Crippen LogP contribution in [0.3, 0.4) is 0 Å². The molecule has 1 aromatic heterocycles. The molecule has 0 aliphatic carbocycles. The Morgan fingerprint density at radius 1 is 1.29 bits per heavy atom. The lowest BCUT2D eigenvalue weighted by Crippen LogP contribution is -2.37.